The molecule has 1 saturated carbocycles. The normalized spacial score (nSPS) is 23.2. The lowest BCUT2D eigenvalue weighted by atomic mass is 9.82. The molecule has 0 unspecified atom stereocenters. The summed E-state index contributed by atoms with van der Waals surface area (Å²) in [7, 11) is 0. The van der Waals surface area contributed by atoms with Crippen LogP contribution in [-0.4, -0.2) is 18.1 Å². The summed E-state index contributed by atoms with van der Waals surface area (Å²) in [6.45, 7) is 4.51. The molecule has 1 aliphatic carbocycles. The van der Waals surface area contributed by atoms with Crippen molar-refractivity contribution in [3.05, 3.63) is 15.6 Å². The van der Waals surface area contributed by atoms with E-state index in [1.807, 2.05) is 11.3 Å². The van der Waals surface area contributed by atoms with Crippen LogP contribution in [0.3, 0.4) is 0 Å². The van der Waals surface area contributed by atoms with E-state index in [0.29, 0.717) is 5.92 Å². The van der Waals surface area contributed by atoms with Crippen molar-refractivity contribution >= 4 is 11.3 Å². The monoisotopic (exact) mass is 208 g/mol. The van der Waals surface area contributed by atoms with Crippen LogP contribution in [0.2, 0.25) is 0 Å². The largest absolute Gasteiger partial charge is 0.315 e. The van der Waals surface area contributed by atoms with Gasteiger partial charge in [-0.25, -0.2) is 4.98 Å². The van der Waals surface area contributed by atoms with Gasteiger partial charge in [0.25, 0.3) is 0 Å². The third kappa shape index (κ3) is 1.30. The molecule has 0 radical (unpaired) electrons. The quantitative estimate of drug-likeness (QED) is 0.807. The van der Waals surface area contributed by atoms with Crippen molar-refractivity contribution in [1.82, 2.24) is 10.3 Å². The van der Waals surface area contributed by atoms with E-state index in [9.17, 15) is 0 Å². The van der Waals surface area contributed by atoms with Gasteiger partial charge in [0.1, 0.15) is 0 Å². The van der Waals surface area contributed by atoms with Crippen LogP contribution in [-0.2, 0) is 0 Å². The lowest BCUT2D eigenvalue weighted by Crippen LogP contribution is -2.39. The van der Waals surface area contributed by atoms with Crippen LogP contribution in [0.15, 0.2) is 0 Å². The van der Waals surface area contributed by atoms with Crippen LogP contribution in [0, 0.1) is 6.92 Å². The van der Waals surface area contributed by atoms with Gasteiger partial charge in [0, 0.05) is 29.8 Å². The van der Waals surface area contributed by atoms with Gasteiger partial charge >= 0.3 is 0 Å². The van der Waals surface area contributed by atoms with Crippen molar-refractivity contribution in [1.29, 1.82) is 0 Å². The van der Waals surface area contributed by atoms with Crippen LogP contribution >= 0.6 is 11.3 Å². The Bertz CT molecular complexity index is 337. The van der Waals surface area contributed by atoms with Crippen molar-refractivity contribution in [3.63, 3.8) is 0 Å². The number of nitrogens with one attached hydrogen (secondary N) is 1. The Hall–Kier alpha value is -0.410. The molecule has 2 fully saturated rings. The van der Waals surface area contributed by atoms with Crippen LogP contribution in [0.5, 0.6) is 0 Å². The molecule has 1 N–H and O–H groups in total. The SMILES string of the molecule is Cc1sc(C2CNC2)nc1C1CCC1. The Morgan fingerprint density at radius 1 is 1.29 bits per heavy atom. The zero-order chi connectivity index (χ0) is 9.54. The van der Waals surface area contributed by atoms with E-state index in [1.165, 1.54) is 34.8 Å². The average Bonchev–Trinajstić information content (AvgIpc) is 2.25. The molecule has 0 bridgehead atoms. The summed E-state index contributed by atoms with van der Waals surface area (Å²) >= 11 is 1.92. The molecule has 76 valence electrons. The summed E-state index contributed by atoms with van der Waals surface area (Å²) in [5, 5.41) is 4.69. The van der Waals surface area contributed by atoms with Crippen molar-refractivity contribution in [2.75, 3.05) is 13.1 Å². The Labute approximate surface area is 88.7 Å². The van der Waals surface area contributed by atoms with Gasteiger partial charge in [0.15, 0.2) is 0 Å². The molecule has 3 rings (SSSR count). The van der Waals surface area contributed by atoms with Crippen molar-refractivity contribution in [3.8, 4) is 0 Å². The molecular weight excluding hydrogens is 192 g/mol. The average molecular weight is 208 g/mol. The molecular formula is C11H16N2S. The predicted octanol–water partition coefficient (Wildman–Crippen LogP) is 2.41. The van der Waals surface area contributed by atoms with Crippen LogP contribution in [0.1, 0.15) is 46.7 Å². The second kappa shape index (κ2) is 3.31. The van der Waals surface area contributed by atoms with E-state index < -0.39 is 0 Å². The molecule has 0 atom stereocenters. The van der Waals surface area contributed by atoms with Gasteiger partial charge in [0.2, 0.25) is 0 Å². The van der Waals surface area contributed by atoms with Crippen LogP contribution in [0.4, 0.5) is 0 Å². The number of aromatic nitrogens is 1. The zero-order valence-corrected chi connectivity index (χ0v) is 9.36. The van der Waals surface area contributed by atoms with E-state index in [0.717, 1.165) is 19.0 Å². The van der Waals surface area contributed by atoms with Crippen LogP contribution in [0.25, 0.3) is 0 Å². The first-order valence-electron chi connectivity index (χ1n) is 5.52. The smallest absolute Gasteiger partial charge is 0.0987 e. The molecule has 14 heavy (non-hydrogen) atoms. The lowest BCUT2D eigenvalue weighted by molar-refractivity contribution is 0.406. The molecule has 0 amide bonds. The summed E-state index contributed by atoms with van der Waals surface area (Å²) in [5.74, 6) is 1.51. The summed E-state index contributed by atoms with van der Waals surface area (Å²) in [6.07, 6.45) is 4.14. The van der Waals surface area contributed by atoms with E-state index in [-0.39, 0.29) is 0 Å². The molecule has 1 saturated heterocycles. The minimum Gasteiger partial charge on any atom is -0.315 e. The molecule has 2 aliphatic rings. The second-order valence-electron chi connectivity index (χ2n) is 4.48. The molecule has 1 aromatic heterocycles. The highest BCUT2D eigenvalue weighted by Gasteiger charge is 2.28. The van der Waals surface area contributed by atoms with E-state index >= 15 is 0 Å². The molecule has 2 heterocycles. The van der Waals surface area contributed by atoms with Crippen molar-refractivity contribution < 1.29 is 0 Å². The fourth-order valence-electron chi connectivity index (χ4n) is 2.13. The lowest BCUT2D eigenvalue weighted by Gasteiger charge is -2.26. The van der Waals surface area contributed by atoms with Crippen molar-refractivity contribution in [2.24, 2.45) is 0 Å². The van der Waals surface area contributed by atoms with Gasteiger partial charge in [-0.2, -0.15) is 0 Å². The highest BCUT2D eigenvalue weighted by molar-refractivity contribution is 7.11. The van der Waals surface area contributed by atoms with Gasteiger partial charge in [-0.1, -0.05) is 6.42 Å². The summed E-state index contributed by atoms with van der Waals surface area (Å²) in [4.78, 5) is 6.30. The predicted molar refractivity (Wildman–Crippen MR) is 59.1 cm³/mol. The minimum atomic E-state index is 0.715. The number of aryl methyl sites for hydroxylation is 1. The fraction of sp³-hybridized carbons (Fsp3) is 0.727. The molecule has 3 heteroatoms. The summed E-state index contributed by atoms with van der Waals surface area (Å²) in [6, 6.07) is 0. The highest BCUT2D eigenvalue weighted by atomic mass is 32.1. The van der Waals surface area contributed by atoms with Crippen molar-refractivity contribution in [2.45, 2.75) is 38.0 Å². The first kappa shape index (κ1) is 8.86. The van der Waals surface area contributed by atoms with Gasteiger partial charge in [0.05, 0.1) is 10.7 Å². The van der Waals surface area contributed by atoms with E-state index in [2.05, 4.69) is 12.2 Å². The van der Waals surface area contributed by atoms with Gasteiger partial charge in [-0.3, -0.25) is 0 Å². The highest BCUT2D eigenvalue weighted by Crippen LogP contribution is 2.40. The standard InChI is InChI=1S/C11H16N2S/c1-7-10(8-3-2-4-8)13-11(14-7)9-5-12-6-9/h8-9,12H,2-6H2,1H3. The molecule has 1 aliphatic heterocycles. The third-order valence-corrected chi connectivity index (χ3v) is 4.62. The van der Waals surface area contributed by atoms with Gasteiger partial charge < -0.3 is 5.32 Å². The Morgan fingerprint density at radius 2 is 2.07 bits per heavy atom. The number of thiazole rings is 1. The summed E-state index contributed by atoms with van der Waals surface area (Å²) in [5.41, 5.74) is 1.42. The Morgan fingerprint density at radius 3 is 2.57 bits per heavy atom. The van der Waals surface area contributed by atoms with Crippen LogP contribution < -0.4 is 5.32 Å². The topological polar surface area (TPSA) is 24.9 Å². The molecule has 0 spiro atoms. The Kier molecular flexibility index (Phi) is 2.10. The third-order valence-electron chi connectivity index (χ3n) is 3.47. The minimum absolute atomic E-state index is 0.715. The summed E-state index contributed by atoms with van der Waals surface area (Å²) < 4.78 is 0. The maximum Gasteiger partial charge on any atom is 0.0987 e. The maximum atomic E-state index is 4.83. The fourth-order valence-corrected chi connectivity index (χ4v) is 3.24. The number of hydrogen-bond acceptors (Lipinski definition) is 3. The van der Waals surface area contributed by atoms with E-state index in [4.69, 9.17) is 4.98 Å². The van der Waals surface area contributed by atoms with Gasteiger partial charge in [-0.15, -0.1) is 11.3 Å². The first-order valence-corrected chi connectivity index (χ1v) is 6.34. The number of hydrogen-bond donors (Lipinski definition) is 1. The molecule has 2 nitrogen and oxygen atoms in total. The zero-order valence-electron chi connectivity index (χ0n) is 8.55. The van der Waals surface area contributed by atoms with E-state index in [1.54, 1.807) is 0 Å². The number of nitrogens with zero attached hydrogens (tertiary/aromatic N) is 1. The molecule has 1 aromatic rings. The Balaban J connectivity index is 1.84. The maximum absolute atomic E-state index is 4.83. The van der Waals surface area contributed by atoms with Gasteiger partial charge in [-0.05, 0) is 19.8 Å². The second-order valence-corrected chi connectivity index (χ2v) is 5.71. The molecule has 0 aromatic carbocycles. The number of rotatable bonds is 2. The first-order chi connectivity index (χ1) is 6.84.